The first kappa shape index (κ1) is 16.4. The monoisotopic (exact) mass is 347 g/mol. The molecule has 0 aliphatic carbocycles. The Balaban J connectivity index is 2.60. The highest BCUT2D eigenvalue weighted by Gasteiger charge is 2.25. The van der Waals surface area contributed by atoms with Gasteiger partial charge < -0.3 is 15.1 Å². The molecular formula is C13H18BrNO3S. The molecule has 2 N–H and O–H groups in total. The highest BCUT2D eigenvalue weighted by atomic mass is 79.9. The second-order valence-electron chi connectivity index (χ2n) is 4.84. The highest BCUT2D eigenvalue weighted by Crippen LogP contribution is 2.21. The van der Waals surface area contributed by atoms with Crippen LogP contribution in [0.1, 0.15) is 12.5 Å². The van der Waals surface area contributed by atoms with Crippen molar-refractivity contribution >= 4 is 39.2 Å². The van der Waals surface area contributed by atoms with Crippen molar-refractivity contribution < 1.29 is 15.0 Å². The van der Waals surface area contributed by atoms with Crippen molar-refractivity contribution in [3.8, 4) is 0 Å². The summed E-state index contributed by atoms with van der Waals surface area (Å²) in [7, 11) is 1.65. The van der Waals surface area contributed by atoms with Gasteiger partial charge in [-0.1, -0.05) is 6.92 Å². The summed E-state index contributed by atoms with van der Waals surface area (Å²) < 4.78 is 1.01. The number of carbonyl (C=O) groups is 1. The second kappa shape index (κ2) is 7.19. The molecule has 0 spiro atoms. The van der Waals surface area contributed by atoms with Crippen LogP contribution in [0, 0.1) is 5.41 Å². The molecule has 1 heterocycles. The molecular weight excluding hydrogens is 330 g/mol. The fourth-order valence-electron chi connectivity index (χ4n) is 1.51. The van der Waals surface area contributed by atoms with Gasteiger partial charge in [0.2, 0.25) is 5.91 Å². The molecule has 6 heteroatoms. The molecule has 19 heavy (non-hydrogen) atoms. The maximum absolute atomic E-state index is 11.9. The fourth-order valence-corrected chi connectivity index (χ4v) is 2.65. The van der Waals surface area contributed by atoms with E-state index < -0.39 is 5.41 Å². The zero-order valence-corrected chi connectivity index (χ0v) is 13.4. The van der Waals surface area contributed by atoms with Gasteiger partial charge in [-0.2, -0.15) is 0 Å². The lowest BCUT2D eigenvalue weighted by Gasteiger charge is -2.29. The van der Waals surface area contributed by atoms with Crippen LogP contribution in [0.2, 0.25) is 0 Å². The van der Waals surface area contributed by atoms with Crippen LogP contribution in [-0.4, -0.2) is 47.8 Å². The molecule has 4 nitrogen and oxygen atoms in total. The minimum Gasteiger partial charge on any atom is -0.396 e. The first-order chi connectivity index (χ1) is 8.90. The van der Waals surface area contributed by atoms with E-state index in [9.17, 15) is 15.0 Å². The number of aliphatic hydroxyl groups is 2. The van der Waals surface area contributed by atoms with Gasteiger partial charge in [-0.15, -0.1) is 11.3 Å². The smallest absolute Gasteiger partial charge is 0.246 e. The number of likely N-dealkylation sites (N-methyl/N-ethyl adjacent to an activating group) is 1. The number of halogens is 1. The van der Waals surface area contributed by atoms with Crippen LogP contribution in [0.4, 0.5) is 0 Å². The third kappa shape index (κ3) is 5.06. The van der Waals surface area contributed by atoms with Gasteiger partial charge in [0.05, 0.1) is 17.0 Å². The maximum atomic E-state index is 11.9. The molecule has 0 aliphatic rings. The summed E-state index contributed by atoms with van der Waals surface area (Å²) in [6, 6.07) is 1.93. The van der Waals surface area contributed by atoms with Crippen molar-refractivity contribution in [1.82, 2.24) is 4.90 Å². The standard InChI is InChI=1S/C13H18BrNO3S/c1-13(8-16,9-17)7-15(2)12(18)4-3-10-5-11(14)19-6-10/h3-6,16-17H,7-9H2,1-2H3/b4-3+. The van der Waals surface area contributed by atoms with E-state index in [0.29, 0.717) is 6.54 Å². The first-order valence-electron chi connectivity index (χ1n) is 5.79. The highest BCUT2D eigenvalue weighted by molar-refractivity contribution is 9.11. The van der Waals surface area contributed by atoms with E-state index in [-0.39, 0.29) is 19.1 Å². The summed E-state index contributed by atoms with van der Waals surface area (Å²) in [5.41, 5.74) is 0.287. The number of thiophene rings is 1. The molecule has 1 rings (SSSR count). The zero-order chi connectivity index (χ0) is 14.5. The molecule has 0 aliphatic heterocycles. The van der Waals surface area contributed by atoms with E-state index in [1.54, 1.807) is 31.4 Å². The predicted molar refractivity (Wildman–Crippen MR) is 81.0 cm³/mol. The quantitative estimate of drug-likeness (QED) is 0.773. The van der Waals surface area contributed by atoms with Crippen LogP contribution >= 0.6 is 27.3 Å². The summed E-state index contributed by atoms with van der Waals surface area (Å²) in [6.07, 6.45) is 3.24. The average Bonchev–Trinajstić information content (AvgIpc) is 2.81. The summed E-state index contributed by atoms with van der Waals surface area (Å²) >= 11 is 4.92. The first-order valence-corrected chi connectivity index (χ1v) is 7.46. The van der Waals surface area contributed by atoms with E-state index in [1.165, 1.54) is 11.0 Å². The van der Waals surface area contributed by atoms with Crippen LogP contribution < -0.4 is 0 Å². The van der Waals surface area contributed by atoms with Crippen LogP contribution in [0.25, 0.3) is 6.08 Å². The van der Waals surface area contributed by atoms with Crippen molar-refractivity contribution in [1.29, 1.82) is 0 Å². The zero-order valence-electron chi connectivity index (χ0n) is 11.0. The van der Waals surface area contributed by atoms with Gasteiger partial charge in [-0.25, -0.2) is 0 Å². The van der Waals surface area contributed by atoms with E-state index >= 15 is 0 Å². The second-order valence-corrected chi connectivity index (χ2v) is 7.13. The molecule has 1 aromatic heterocycles. The minimum absolute atomic E-state index is 0.157. The Kier molecular flexibility index (Phi) is 6.19. The number of nitrogens with zero attached hydrogens (tertiary/aromatic N) is 1. The SMILES string of the molecule is CN(CC(C)(CO)CO)C(=O)/C=C/c1csc(Br)c1. The van der Waals surface area contributed by atoms with Gasteiger partial charge in [0.15, 0.2) is 0 Å². The van der Waals surface area contributed by atoms with Crippen molar-refractivity contribution in [2.24, 2.45) is 5.41 Å². The summed E-state index contributed by atoms with van der Waals surface area (Å²) in [6.45, 7) is 1.71. The maximum Gasteiger partial charge on any atom is 0.246 e. The summed E-state index contributed by atoms with van der Waals surface area (Å²) in [4.78, 5) is 13.4. The van der Waals surface area contributed by atoms with Crippen LogP contribution in [0.3, 0.4) is 0 Å². The van der Waals surface area contributed by atoms with E-state index in [2.05, 4.69) is 15.9 Å². The molecule has 106 valence electrons. The fraction of sp³-hybridized carbons (Fsp3) is 0.462. The number of hydrogen-bond acceptors (Lipinski definition) is 4. The van der Waals surface area contributed by atoms with Gasteiger partial charge in [-0.05, 0) is 39.0 Å². The Hall–Kier alpha value is -0.690. The third-order valence-corrected chi connectivity index (χ3v) is 4.29. The molecule has 0 unspecified atom stereocenters. The van der Waals surface area contributed by atoms with Crippen LogP contribution in [0.15, 0.2) is 21.3 Å². The van der Waals surface area contributed by atoms with Crippen molar-refractivity contribution in [2.75, 3.05) is 26.8 Å². The lowest BCUT2D eigenvalue weighted by atomic mass is 9.92. The van der Waals surface area contributed by atoms with Gasteiger partial charge in [-0.3, -0.25) is 4.79 Å². The van der Waals surface area contributed by atoms with E-state index in [1.807, 2.05) is 11.4 Å². The topological polar surface area (TPSA) is 60.8 Å². The minimum atomic E-state index is -0.677. The number of aliphatic hydroxyl groups excluding tert-OH is 2. The molecule has 0 atom stereocenters. The van der Waals surface area contributed by atoms with E-state index in [4.69, 9.17) is 0 Å². The Morgan fingerprint density at radius 1 is 1.53 bits per heavy atom. The van der Waals surface area contributed by atoms with Crippen molar-refractivity contribution in [3.63, 3.8) is 0 Å². The number of hydrogen-bond donors (Lipinski definition) is 2. The number of rotatable bonds is 6. The number of amides is 1. The molecule has 1 aromatic rings. The Labute approximate surface area is 125 Å². The van der Waals surface area contributed by atoms with Gasteiger partial charge in [0, 0.05) is 25.1 Å². The van der Waals surface area contributed by atoms with E-state index in [0.717, 1.165) is 9.35 Å². The van der Waals surface area contributed by atoms with Gasteiger partial charge in [0.1, 0.15) is 0 Å². The molecule has 0 bridgehead atoms. The third-order valence-electron chi connectivity index (χ3n) is 2.76. The van der Waals surface area contributed by atoms with Gasteiger partial charge in [0.25, 0.3) is 0 Å². The van der Waals surface area contributed by atoms with Crippen molar-refractivity contribution in [3.05, 3.63) is 26.9 Å². The molecule has 0 aromatic carbocycles. The largest absolute Gasteiger partial charge is 0.396 e. The average molecular weight is 348 g/mol. The molecule has 0 fully saturated rings. The van der Waals surface area contributed by atoms with Crippen LogP contribution in [0.5, 0.6) is 0 Å². The Morgan fingerprint density at radius 2 is 2.16 bits per heavy atom. The lowest BCUT2D eigenvalue weighted by Crippen LogP contribution is -2.41. The van der Waals surface area contributed by atoms with Crippen LogP contribution in [-0.2, 0) is 4.79 Å². The number of carbonyl (C=O) groups excluding carboxylic acids is 1. The Bertz CT molecular complexity index is 454. The summed E-state index contributed by atoms with van der Waals surface area (Å²) in [5, 5.41) is 20.4. The van der Waals surface area contributed by atoms with Gasteiger partial charge >= 0.3 is 0 Å². The Morgan fingerprint density at radius 3 is 2.63 bits per heavy atom. The predicted octanol–water partition coefficient (Wildman–Crippen LogP) is 1.97. The normalized spacial score (nSPS) is 12.1. The van der Waals surface area contributed by atoms with Crippen molar-refractivity contribution in [2.45, 2.75) is 6.92 Å². The lowest BCUT2D eigenvalue weighted by molar-refractivity contribution is -0.126. The molecule has 0 radical (unpaired) electrons. The summed E-state index contributed by atoms with van der Waals surface area (Å²) in [5.74, 6) is -0.157. The molecule has 0 saturated heterocycles. The molecule has 0 saturated carbocycles. The molecule has 1 amide bonds.